The van der Waals surface area contributed by atoms with Gasteiger partial charge in [-0.1, -0.05) is 12.1 Å². The van der Waals surface area contributed by atoms with Crippen LogP contribution in [0, 0.1) is 0 Å². The van der Waals surface area contributed by atoms with Gasteiger partial charge < -0.3 is 25.3 Å². The number of aliphatic hydroxyl groups excluding tert-OH is 2. The number of amides is 1. The number of aromatic amines is 2. The minimum atomic E-state index is -0.986. The topological polar surface area (TPSA) is 171 Å². The van der Waals surface area contributed by atoms with E-state index in [0.29, 0.717) is 11.0 Å². The van der Waals surface area contributed by atoms with Crippen LogP contribution in [0.1, 0.15) is 23.0 Å². The van der Waals surface area contributed by atoms with Gasteiger partial charge >= 0.3 is 11.4 Å². The standard InChI is InChI=1S/C19H21N5O7/c25-9-14-13(26)7-15(31-14)24-8-10(17(28)22-19(24)30)16(27)20-5-6-23-12-4-2-1-3-11(12)21-18(23)29/h1-4,8,13-15,25-26H,5-7,9H2,(H,20,27)(H,21,29)(H,22,28,30)/t13-,14?,15-/m1/s1. The average Bonchev–Trinajstić information content (AvgIpc) is 3.27. The Labute approximate surface area is 173 Å². The fourth-order valence-electron chi connectivity index (χ4n) is 3.62. The normalized spacial score (nSPS) is 20.9. The first-order valence-corrected chi connectivity index (χ1v) is 9.64. The lowest BCUT2D eigenvalue weighted by Gasteiger charge is -2.15. The lowest BCUT2D eigenvalue weighted by Crippen LogP contribution is -2.39. The molecule has 1 saturated heterocycles. The number of aromatic nitrogens is 4. The number of ether oxygens (including phenoxy) is 1. The predicted octanol–water partition coefficient (Wildman–Crippen LogP) is -1.75. The third-order valence-electron chi connectivity index (χ3n) is 5.21. The van der Waals surface area contributed by atoms with E-state index in [1.807, 2.05) is 0 Å². The van der Waals surface area contributed by atoms with Crippen LogP contribution in [0.4, 0.5) is 0 Å². The van der Waals surface area contributed by atoms with Gasteiger partial charge in [0.2, 0.25) is 0 Å². The highest BCUT2D eigenvalue weighted by molar-refractivity contribution is 5.93. The molecule has 0 saturated carbocycles. The smallest absolute Gasteiger partial charge is 0.330 e. The number of carbonyl (C=O) groups is 1. The number of H-pyrrole nitrogens is 2. The van der Waals surface area contributed by atoms with Gasteiger partial charge in [-0.3, -0.25) is 23.7 Å². The van der Waals surface area contributed by atoms with Crippen LogP contribution in [0.5, 0.6) is 0 Å². The number of hydrogen-bond donors (Lipinski definition) is 5. The summed E-state index contributed by atoms with van der Waals surface area (Å²) in [7, 11) is 0. The Kier molecular flexibility index (Phi) is 5.59. The minimum Gasteiger partial charge on any atom is -0.394 e. The molecule has 3 heterocycles. The fourth-order valence-corrected chi connectivity index (χ4v) is 3.62. The number of nitrogens with one attached hydrogen (secondary N) is 3. The van der Waals surface area contributed by atoms with Crippen LogP contribution < -0.4 is 22.3 Å². The first kappa shape index (κ1) is 20.8. The highest BCUT2D eigenvalue weighted by atomic mass is 16.5. The maximum Gasteiger partial charge on any atom is 0.330 e. The maximum atomic E-state index is 12.5. The third-order valence-corrected chi connectivity index (χ3v) is 5.21. The summed E-state index contributed by atoms with van der Waals surface area (Å²) in [5.41, 5.74) is -0.970. The maximum absolute atomic E-state index is 12.5. The molecule has 5 N–H and O–H groups in total. The number of fused-ring (bicyclic) bond motifs is 1. The van der Waals surface area contributed by atoms with Gasteiger partial charge in [0.1, 0.15) is 17.9 Å². The van der Waals surface area contributed by atoms with Crippen molar-refractivity contribution in [2.45, 2.75) is 31.4 Å². The van der Waals surface area contributed by atoms with E-state index in [0.717, 1.165) is 10.8 Å². The van der Waals surface area contributed by atoms with Crippen LogP contribution in [0.3, 0.4) is 0 Å². The van der Waals surface area contributed by atoms with Gasteiger partial charge in [-0.05, 0) is 12.1 Å². The van der Waals surface area contributed by atoms with Crippen molar-refractivity contribution in [2.24, 2.45) is 0 Å². The number of benzene rings is 1. The molecule has 1 fully saturated rings. The first-order chi connectivity index (χ1) is 14.9. The second-order valence-corrected chi connectivity index (χ2v) is 7.18. The minimum absolute atomic E-state index is 0.0156. The number of rotatable bonds is 6. The number of carbonyl (C=O) groups excluding carboxylic acids is 1. The van der Waals surface area contributed by atoms with Crippen LogP contribution in [-0.2, 0) is 11.3 Å². The summed E-state index contributed by atoms with van der Waals surface area (Å²) in [6.07, 6.45) is -1.71. The lowest BCUT2D eigenvalue weighted by molar-refractivity contribution is -0.0459. The van der Waals surface area contributed by atoms with Gasteiger partial charge in [0, 0.05) is 25.7 Å². The lowest BCUT2D eigenvalue weighted by atomic mass is 10.2. The summed E-state index contributed by atoms with van der Waals surface area (Å²) in [5.74, 6) is -0.736. The zero-order chi connectivity index (χ0) is 22.1. The molecule has 0 bridgehead atoms. The molecule has 0 spiro atoms. The number of imidazole rings is 1. The molecule has 2 aromatic heterocycles. The van der Waals surface area contributed by atoms with E-state index in [-0.39, 0.29) is 30.8 Å². The molecule has 3 aromatic rings. The Hall–Kier alpha value is -3.48. The second-order valence-electron chi connectivity index (χ2n) is 7.18. The summed E-state index contributed by atoms with van der Waals surface area (Å²) in [4.78, 5) is 53.7. The summed E-state index contributed by atoms with van der Waals surface area (Å²) < 4.78 is 7.88. The Morgan fingerprint density at radius 1 is 1.19 bits per heavy atom. The van der Waals surface area contributed by atoms with Gasteiger partial charge in [-0.15, -0.1) is 0 Å². The van der Waals surface area contributed by atoms with Crippen LogP contribution in [0.15, 0.2) is 44.8 Å². The predicted molar refractivity (Wildman–Crippen MR) is 108 cm³/mol. The molecule has 1 aromatic carbocycles. The van der Waals surface area contributed by atoms with Crippen molar-refractivity contribution in [3.8, 4) is 0 Å². The van der Waals surface area contributed by atoms with E-state index >= 15 is 0 Å². The van der Waals surface area contributed by atoms with E-state index in [1.54, 1.807) is 24.3 Å². The molecule has 31 heavy (non-hydrogen) atoms. The highest BCUT2D eigenvalue weighted by Crippen LogP contribution is 2.27. The molecule has 12 nitrogen and oxygen atoms in total. The average molecular weight is 431 g/mol. The monoisotopic (exact) mass is 431 g/mol. The Morgan fingerprint density at radius 2 is 1.97 bits per heavy atom. The van der Waals surface area contributed by atoms with E-state index in [4.69, 9.17) is 4.74 Å². The molecule has 1 aliphatic rings. The largest absolute Gasteiger partial charge is 0.394 e. The Bertz CT molecular complexity index is 1290. The Balaban J connectivity index is 1.50. The van der Waals surface area contributed by atoms with Crippen molar-refractivity contribution in [2.75, 3.05) is 13.2 Å². The highest BCUT2D eigenvalue weighted by Gasteiger charge is 2.35. The van der Waals surface area contributed by atoms with E-state index < -0.39 is 42.2 Å². The number of para-hydroxylation sites is 2. The third kappa shape index (κ3) is 3.95. The molecule has 0 radical (unpaired) electrons. The van der Waals surface area contributed by atoms with Crippen LogP contribution in [0.2, 0.25) is 0 Å². The van der Waals surface area contributed by atoms with Gasteiger partial charge in [0.05, 0.1) is 23.7 Å². The van der Waals surface area contributed by atoms with E-state index in [1.165, 1.54) is 4.57 Å². The fraction of sp³-hybridized carbons (Fsp3) is 0.368. The zero-order valence-corrected chi connectivity index (χ0v) is 16.3. The van der Waals surface area contributed by atoms with Crippen molar-refractivity contribution in [3.63, 3.8) is 0 Å². The first-order valence-electron chi connectivity index (χ1n) is 9.64. The van der Waals surface area contributed by atoms with Crippen molar-refractivity contribution in [3.05, 3.63) is 67.3 Å². The molecule has 1 amide bonds. The molecule has 164 valence electrons. The van der Waals surface area contributed by atoms with E-state index in [9.17, 15) is 29.4 Å². The van der Waals surface area contributed by atoms with Crippen LogP contribution in [-0.4, -0.2) is 60.6 Å². The molecular formula is C19H21N5O7. The number of aliphatic hydroxyl groups is 2. The summed E-state index contributed by atoms with van der Waals surface area (Å²) in [6, 6.07) is 7.11. The van der Waals surface area contributed by atoms with Crippen molar-refractivity contribution in [1.29, 1.82) is 0 Å². The summed E-state index contributed by atoms with van der Waals surface area (Å²) >= 11 is 0. The SMILES string of the molecule is O=C(NCCn1c(=O)[nH]c2ccccc21)c1cn([C@H]2C[C@@H](O)C(CO)O2)c(=O)[nH]c1=O. The second kappa shape index (κ2) is 8.34. The molecule has 3 atom stereocenters. The number of nitrogens with zero attached hydrogens (tertiary/aromatic N) is 2. The zero-order valence-electron chi connectivity index (χ0n) is 16.3. The molecule has 4 rings (SSSR count). The molecule has 1 unspecified atom stereocenters. The number of hydrogen-bond acceptors (Lipinski definition) is 7. The van der Waals surface area contributed by atoms with Crippen LogP contribution in [0.25, 0.3) is 11.0 Å². The van der Waals surface area contributed by atoms with E-state index in [2.05, 4.69) is 15.3 Å². The summed E-state index contributed by atoms with van der Waals surface area (Å²) in [5, 5.41) is 21.6. The molecule has 1 aliphatic heterocycles. The van der Waals surface area contributed by atoms with Gasteiger partial charge in [0.25, 0.3) is 11.5 Å². The van der Waals surface area contributed by atoms with Gasteiger partial charge in [-0.25, -0.2) is 9.59 Å². The van der Waals surface area contributed by atoms with Crippen LogP contribution >= 0.6 is 0 Å². The van der Waals surface area contributed by atoms with Gasteiger partial charge in [-0.2, -0.15) is 0 Å². The molecular weight excluding hydrogens is 410 g/mol. The quantitative estimate of drug-likeness (QED) is 0.308. The summed E-state index contributed by atoms with van der Waals surface area (Å²) in [6.45, 7) is -0.205. The Morgan fingerprint density at radius 3 is 2.71 bits per heavy atom. The van der Waals surface area contributed by atoms with Crippen molar-refractivity contribution >= 4 is 16.9 Å². The molecule has 12 heteroatoms. The van der Waals surface area contributed by atoms with Gasteiger partial charge in [0.15, 0.2) is 0 Å². The van der Waals surface area contributed by atoms with Crippen molar-refractivity contribution in [1.82, 2.24) is 24.4 Å². The molecule has 0 aliphatic carbocycles. The van der Waals surface area contributed by atoms with Crippen molar-refractivity contribution < 1.29 is 19.7 Å².